The van der Waals surface area contributed by atoms with Crippen LogP contribution in [0.25, 0.3) is 11.4 Å². The van der Waals surface area contributed by atoms with E-state index in [1.165, 1.54) is 6.92 Å². The minimum Gasteiger partial charge on any atom is -1.00 e. The number of amides is 1. The van der Waals surface area contributed by atoms with Gasteiger partial charge in [-0.2, -0.15) is 12.6 Å². The van der Waals surface area contributed by atoms with Crippen LogP contribution in [-0.4, -0.2) is 33.6 Å². The summed E-state index contributed by atoms with van der Waals surface area (Å²) in [7, 11) is 0. The van der Waals surface area contributed by atoms with E-state index < -0.39 is 17.9 Å². The first-order valence-corrected chi connectivity index (χ1v) is 7.09. The number of carbonyl (C=O) groups is 2. The monoisotopic (exact) mass is 459 g/mol. The summed E-state index contributed by atoms with van der Waals surface area (Å²) in [6, 6.07) is 10.6. The summed E-state index contributed by atoms with van der Waals surface area (Å²) in [6.07, 6.45) is 3.54. The van der Waals surface area contributed by atoms with Crippen molar-refractivity contribution in [3.63, 3.8) is 0 Å². The molecular weight excluding hydrogens is 444 g/mol. The first-order chi connectivity index (χ1) is 10.5. The second-order valence-corrected chi connectivity index (χ2v) is 4.55. The molecule has 0 aliphatic carbocycles. The molecule has 24 heavy (non-hydrogen) atoms. The Kier molecular flexibility index (Phi) is 14.4. The van der Waals surface area contributed by atoms with Gasteiger partial charge < -0.3 is 27.6 Å². The van der Waals surface area contributed by atoms with Crippen molar-refractivity contribution in [1.29, 1.82) is 0 Å². The average molecular weight is 460 g/mol. The van der Waals surface area contributed by atoms with Gasteiger partial charge >= 0.3 is 20.4 Å². The summed E-state index contributed by atoms with van der Waals surface area (Å²) in [6.45, 7) is 1.24. The second kappa shape index (κ2) is 13.9. The van der Waals surface area contributed by atoms with Crippen LogP contribution in [0.15, 0.2) is 48.8 Å². The summed E-state index contributed by atoms with van der Waals surface area (Å²) < 4.78 is 0. The Morgan fingerprint density at radius 3 is 1.79 bits per heavy atom. The van der Waals surface area contributed by atoms with Gasteiger partial charge in [0, 0.05) is 25.1 Å². The van der Waals surface area contributed by atoms with E-state index in [0.29, 0.717) is 0 Å². The van der Waals surface area contributed by atoms with Gasteiger partial charge in [-0.15, -0.1) is 0 Å². The van der Waals surface area contributed by atoms with E-state index in [0.717, 1.165) is 11.4 Å². The van der Waals surface area contributed by atoms with Crippen LogP contribution in [0.1, 0.15) is 6.92 Å². The fourth-order valence-electron chi connectivity index (χ4n) is 1.45. The molecule has 1 unspecified atom stereocenters. The number of carboxylic acids is 1. The van der Waals surface area contributed by atoms with E-state index in [-0.39, 0.29) is 38.6 Å². The maximum Gasteiger partial charge on any atom is 2.00 e. The molecule has 1 atom stereocenters. The molecule has 1 amide bonds. The quantitative estimate of drug-likeness (QED) is 0.383. The molecule has 0 aliphatic heterocycles. The van der Waals surface area contributed by atoms with Crippen LogP contribution in [0.5, 0.6) is 0 Å². The SMILES string of the molecule is CC(=O)NC(CS)C(=O)[O-].[Cl-].[Pd+2].c1ccc(-c2ccccn2)nc1. The Balaban J connectivity index is 0. The molecule has 2 rings (SSSR count). The number of carboxylic acid groups (broad SMARTS) is 1. The maximum atomic E-state index is 10.3. The summed E-state index contributed by atoms with van der Waals surface area (Å²) in [4.78, 5) is 28.7. The smallest absolute Gasteiger partial charge is 1.00 e. The third-order valence-electron chi connectivity index (χ3n) is 2.44. The van der Waals surface area contributed by atoms with Gasteiger partial charge in [-0.3, -0.25) is 14.8 Å². The van der Waals surface area contributed by atoms with Crippen molar-refractivity contribution in [1.82, 2.24) is 15.3 Å². The molecule has 0 bridgehead atoms. The molecule has 1 N–H and O–H groups in total. The summed E-state index contributed by atoms with van der Waals surface area (Å²) in [5.74, 6) is -1.67. The molecule has 0 aromatic carbocycles. The number of hydrogen-bond acceptors (Lipinski definition) is 6. The number of carbonyl (C=O) groups excluding carboxylic acids is 2. The Morgan fingerprint density at radius 1 is 1.12 bits per heavy atom. The van der Waals surface area contributed by atoms with E-state index >= 15 is 0 Å². The van der Waals surface area contributed by atoms with E-state index in [2.05, 4.69) is 27.9 Å². The molecule has 0 saturated heterocycles. The zero-order valence-electron chi connectivity index (χ0n) is 12.7. The average Bonchev–Trinajstić information content (AvgIpc) is 2.54. The van der Waals surface area contributed by atoms with Gasteiger partial charge in [-0.05, 0) is 24.3 Å². The minimum atomic E-state index is -1.31. The Labute approximate surface area is 166 Å². The van der Waals surface area contributed by atoms with Crippen LogP contribution in [0, 0.1) is 0 Å². The van der Waals surface area contributed by atoms with Crippen LogP contribution in [-0.2, 0) is 30.0 Å². The van der Waals surface area contributed by atoms with Gasteiger partial charge in [0.25, 0.3) is 0 Å². The molecule has 2 heterocycles. The van der Waals surface area contributed by atoms with Crippen molar-refractivity contribution >= 4 is 24.5 Å². The first kappa shape index (κ1) is 24.8. The fraction of sp³-hybridized carbons (Fsp3) is 0.200. The summed E-state index contributed by atoms with van der Waals surface area (Å²) >= 11 is 3.69. The molecule has 0 saturated carbocycles. The van der Waals surface area contributed by atoms with Gasteiger partial charge in [-0.25, -0.2) is 0 Å². The number of halogens is 1. The van der Waals surface area contributed by atoms with Crippen molar-refractivity contribution in [3.05, 3.63) is 48.8 Å². The van der Waals surface area contributed by atoms with E-state index in [4.69, 9.17) is 0 Å². The summed E-state index contributed by atoms with van der Waals surface area (Å²) in [5, 5.41) is 12.2. The molecule has 132 valence electrons. The van der Waals surface area contributed by atoms with E-state index in [9.17, 15) is 14.7 Å². The largest absolute Gasteiger partial charge is 2.00 e. The van der Waals surface area contributed by atoms with Crippen molar-refractivity contribution in [2.45, 2.75) is 13.0 Å². The fourth-order valence-corrected chi connectivity index (χ4v) is 1.69. The number of hydrogen-bond donors (Lipinski definition) is 2. The predicted octanol–water partition coefficient (Wildman–Crippen LogP) is -2.68. The first-order valence-electron chi connectivity index (χ1n) is 6.46. The normalized spacial score (nSPS) is 9.92. The standard InChI is InChI=1S/C10H8N2.C5H9NO3S.ClH.Pd/c1-3-7-11-9(5-1)10-6-2-4-8-12-10;1-3(7)6-4(2-10)5(8)9;;/h1-8H;4,10H,2H2,1H3,(H,6,7)(H,8,9);1H;/q;;;+2/p-2. The van der Waals surface area contributed by atoms with Crippen LogP contribution in [0.4, 0.5) is 0 Å². The topological polar surface area (TPSA) is 95.0 Å². The van der Waals surface area contributed by atoms with Crippen LogP contribution in [0.2, 0.25) is 0 Å². The van der Waals surface area contributed by atoms with Crippen molar-refractivity contribution in [2.24, 2.45) is 0 Å². The van der Waals surface area contributed by atoms with Crippen molar-refractivity contribution < 1.29 is 47.5 Å². The molecule has 6 nitrogen and oxygen atoms in total. The third kappa shape index (κ3) is 9.63. The van der Waals surface area contributed by atoms with E-state index in [1.807, 2.05) is 36.4 Å². The van der Waals surface area contributed by atoms with Gasteiger partial charge in [0.2, 0.25) is 5.91 Å². The predicted molar refractivity (Wildman–Crippen MR) is 83.9 cm³/mol. The van der Waals surface area contributed by atoms with Crippen LogP contribution >= 0.6 is 12.6 Å². The number of pyridine rings is 2. The molecule has 0 aliphatic rings. The molecule has 0 fully saturated rings. The zero-order valence-corrected chi connectivity index (χ0v) is 15.9. The molecule has 9 heteroatoms. The molecular formula is C15H16ClN3O3PdS. The van der Waals surface area contributed by atoms with Crippen LogP contribution in [0.3, 0.4) is 0 Å². The molecule has 0 spiro atoms. The van der Waals surface area contributed by atoms with Crippen LogP contribution < -0.4 is 22.8 Å². The van der Waals surface area contributed by atoms with Gasteiger partial charge in [0.05, 0.1) is 23.4 Å². The number of nitrogens with one attached hydrogen (secondary N) is 1. The van der Waals surface area contributed by atoms with Gasteiger partial charge in [0.15, 0.2) is 0 Å². The van der Waals surface area contributed by atoms with E-state index in [1.54, 1.807) is 12.4 Å². The Hall–Kier alpha value is -1.46. The number of aromatic nitrogens is 2. The van der Waals surface area contributed by atoms with Crippen molar-refractivity contribution in [2.75, 3.05) is 5.75 Å². The molecule has 2 aromatic heterocycles. The summed E-state index contributed by atoms with van der Waals surface area (Å²) in [5.41, 5.74) is 1.83. The molecule has 2 aromatic rings. The Bertz CT molecular complexity index is 568. The zero-order chi connectivity index (χ0) is 16.4. The second-order valence-electron chi connectivity index (χ2n) is 4.18. The van der Waals surface area contributed by atoms with Crippen molar-refractivity contribution in [3.8, 4) is 11.4 Å². The Morgan fingerprint density at radius 2 is 1.58 bits per heavy atom. The number of rotatable bonds is 4. The number of thiol groups is 1. The van der Waals surface area contributed by atoms with Gasteiger partial charge in [0.1, 0.15) is 0 Å². The third-order valence-corrected chi connectivity index (χ3v) is 2.80. The maximum absolute atomic E-state index is 10.3. The number of nitrogens with zero attached hydrogens (tertiary/aromatic N) is 2. The molecule has 0 radical (unpaired) electrons. The number of aliphatic carboxylic acids is 1. The van der Waals surface area contributed by atoms with Gasteiger partial charge in [-0.1, -0.05) is 12.1 Å². The minimum absolute atomic E-state index is 0.